The zero-order valence-electron chi connectivity index (χ0n) is 8.23. The van der Waals surface area contributed by atoms with Crippen LogP contribution in [-0.2, 0) is 4.74 Å². The van der Waals surface area contributed by atoms with Gasteiger partial charge in [0.25, 0.3) is 0 Å². The van der Waals surface area contributed by atoms with Crippen LogP contribution in [0.5, 0.6) is 0 Å². The van der Waals surface area contributed by atoms with Crippen LogP contribution in [0.4, 0.5) is 0 Å². The molecule has 0 aromatic heterocycles. The second-order valence-corrected chi connectivity index (χ2v) is 2.86. The fourth-order valence-corrected chi connectivity index (χ4v) is 0.967. The minimum Gasteiger partial charge on any atom is -0.462 e. The minimum atomic E-state index is -0.228. The molecule has 0 bridgehead atoms. The first-order chi connectivity index (χ1) is 6.34. The van der Waals surface area contributed by atoms with Crippen molar-refractivity contribution >= 4 is 18.4 Å². The summed E-state index contributed by atoms with van der Waals surface area (Å²) in [6, 6.07) is 9.05. The Labute approximate surface area is 90.7 Å². The third kappa shape index (κ3) is 4.28. The number of hydrogen-bond acceptors (Lipinski definition) is 2. The van der Waals surface area contributed by atoms with Crippen LogP contribution in [0.3, 0.4) is 0 Å². The fraction of sp³-hybridized carbons (Fsp3) is 0.364. The zero-order chi connectivity index (χ0) is 9.52. The van der Waals surface area contributed by atoms with E-state index in [0.717, 1.165) is 12.8 Å². The van der Waals surface area contributed by atoms with E-state index < -0.39 is 0 Å². The molecular formula is C11H15ClO2. The van der Waals surface area contributed by atoms with Crippen LogP contribution in [0.25, 0.3) is 0 Å². The largest absolute Gasteiger partial charge is 0.462 e. The van der Waals surface area contributed by atoms with Crippen LogP contribution < -0.4 is 0 Å². The number of rotatable bonds is 4. The van der Waals surface area contributed by atoms with Crippen LogP contribution in [-0.4, -0.2) is 12.6 Å². The number of carbonyl (C=O) groups is 1. The maximum atomic E-state index is 11.3. The molecule has 0 heterocycles. The lowest BCUT2D eigenvalue weighted by Crippen LogP contribution is -2.05. The van der Waals surface area contributed by atoms with Gasteiger partial charge >= 0.3 is 5.97 Å². The molecule has 78 valence electrons. The van der Waals surface area contributed by atoms with Crippen molar-refractivity contribution < 1.29 is 9.53 Å². The van der Waals surface area contributed by atoms with Gasteiger partial charge in [0.05, 0.1) is 12.2 Å². The first kappa shape index (κ1) is 13.0. The highest BCUT2D eigenvalue weighted by molar-refractivity contribution is 5.89. The highest BCUT2D eigenvalue weighted by Crippen LogP contribution is 2.01. The molecule has 1 aromatic carbocycles. The van der Waals surface area contributed by atoms with Crippen LogP contribution in [0.1, 0.15) is 30.1 Å². The molecule has 0 atom stereocenters. The number of hydrogen-bond donors (Lipinski definition) is 0. The molecule has 2 nitrogen and oxygen atoms in total. The summed E-state index contributed by atoms with van der Waals surface area (Å²) in [6.45, 7) is 2.58. The van der Waals surface area contributed by atoms with E-state index in [1.54, 1.807) is 12.1 Å². The first-order valence-corrected chi connectivity index (χ1v) is 4.56. The maximum Gasteiger partial charge on any atom is 0.338 e. The lowest BCUT2D eigenvalue weighted by Gasteiger charge is -2.02. The fourth-order valence-electron chi connectivity index (χ4n) is 0.967. The van der Waals surface area contributed by atoms with Crippen molar-refractivity contribution in [3.8, 4) is 0 Å². The molecule has 0 fully saturated rings. The molecule has 0 amide bonds. The van der Waals surface area contributed by atoms with Crippen molar-refractivity contribution in [3.05, 3.63) is 35.9 Å². The van der Waals surface area contributed by atoms with Crippen LogP contribution >= 0.6 is 12.4 Å². The predicted molar refractivity (Wildman–Crippen MR) is 58.9 cm³/mol. The molecule has 3 heteroatoms. The highest BCUT2D eigenvalue weighted by Gasteiger charge is 2.03. The molecule has 0 aliphatic heterocycles. The van der Waals surface area contributed by atoms with Gasteiger partial charge in [-0.05, 0) is 18.6 Å². The van der Waals surface area contributed by atoms with Crippen molar-refractivity contribution in [2.24, 2.45) is 0 Å². The number of unbranched alkanes of at least 4 members (excludes halogenated alkanes) is 1. The van der Waals surface area contributed by atoms with Gasteiger partial charge in [0.15, 0.2) is 0 Å². The van der Waals surface area contributed by atoms with Crippen LogP contribution in [0.15, 0.2) is 30.3 Å². The average Bonchev–Trinajstić information content (AvgIpc) is 2.19. The van der Waals surface area contributed by atoms with E-state index in [0.29, 0.717) is 12.2 Å². The zero-order valence-corrected chi connectivity index (χ0v) is 9.05. The number of carbonyl (C=O) groups excluding carboxylic acids is 1. The van der Waals surface area contributed by atoms with Gasteiger partial charge in [-0.2, -0.15) is 0 Å². The quantitative estimate of drug-likeness (QED) is 0.569. The Morgan fingerprint density at radius 3 is 2.50 bits per heavy atom. The van der Waals surface area contributed by atoms with Crippen molar-refractivity contribution in [1.82, 2.24) is 0 Å². The van der Waals surface area contributed by atoms with Gasteiger partial charge in [-0.15, -0.1) is 12.4 Å². The molecule has 0 radical (unpaired) electrons. The number of halogens is 1. The van der Waals surface area contributed by atoms with E-state index in [9.17, 15) is 4.79 Å². The summed E-state index contributed by atoms with van der Waals surface area (Å²) in [6.07, 6.45) is 1.97. The molecule has 0 unspecified atom stereocenters. The summed E-state index contributed by atoms with van der Waals surface area (Å²) in [7, 11) is 0. The average molecular weight is 215 g/mol. The highest BCUT2D eigenvalue weighted by atomic mass is 35.5. The maximum absolute atomic E-state index is 11.3. The Kier molecular flexibility index (Phi) is 6.85. The van der Waals surface area contributed by atoms with Gasteiger partial charge in [-0.3, -0.25) is 0 Å². The Morgan fingerprint density at radius 1 is 1.29 bits per heavy atom. The van der Waals surface area contributed by atoms with E-state index in [1.165, 1.54) is 0 Å². The Balaban J connectivity index is 0.00000169. The Hall–Kier alpha value is -1.02. The standard InChI is InChI=1S/C11H14O2.ClH/c1-2-3-9-13-11(12)10-7-5-4-6-8-10;/h4-8H,2-3,9H2,1H3;1H. The lowest BCUT2D eigenvalue weighted by molar-refractivity contribution is 0.0500. The molecule has 0 aliphatic carbocycles. The molecule has 0 spiro atoms. The van der Waals surface area contributed by atoms with E-state index in [-0.39, 0.29) is 18.4 Å². The number of ether oxygens (including phenoxy) is 1. The van der Waals surface area contributed by atoms with Crippen molar-refractivity contribution in [3.63, 3.8) is 0 Å². The van der Waals surface area contributed by atoms with E-state index in [4.69, 9.17) is 4.74 Å². The summed E-state index contributed by atoms with van der Waals surface area (Å²) < 4.78 is 5.03. The molecule has 0 saturated heterocycles. The van der Waals surface area contributed by atoms with Crippen molar-refractivity contribution in [2.75, 3.05) is 6.61 Å². The molecule has 1 aromatic rings. The Bertz CT molecular complexity index is 259. The van der Waals surface area contributed by atoms with Gasteiger partial charge in [0.2, 0.25) is 0 Å². The third-order valence-corrected chi connectivity index (χ3v) is 1.74. The van der Waals surface area contributed by atoms with Gasteiger partial charge in [0, 0.05) is 0 Å². The second-order valence-electron chi connectivity index (χ2n) is 2.86. The third-order valence-electron chi connectivity index (χ3n) is 1.74. The van der Waals surface area contributed by atoms with Gasteiger partial charge in [-0.25, -0.2) is 4.79 Å². The van der Waals surface area contributed by atoms with Gasteiger partial charge < -0.3 is 4.74 Å². The molecule has 0 aliphatic rings. The summed E-state index contributed by atoms with van der Waals surface area (Å²) in [5.41, 5.74) is 0.624. The Morgan fingerprint density at radius 2 is 1.93 bits per heavy atom. The topological polar surface area (TPSA) is 26.3 Å². The normalized spacial score (nSPS) is 8.93. The van der Waals surface area contributed by atoms with Crippen molar-refractivity contribution in [1.29, 1.82) is 0 Å². The smallest absolute Gasteiger partial charge is 0.338 e. The van der Waals surface area contributed by atoms with E-state index >= 15 is 0 Å². The second kappa shape index (κ2) is 7.39. The molecule has 1 rings (SSSR count). The predicted octanol–water partition coefficient (Wildman–Crippen LogP) is 3.07. The lowest BCUT2D eigenvalue weighted by atomic mass is 10.2. The first-order valence-electron chi connectivity index (χ1n) is 4.56. The summed E-state index contributed by atoms with van der Waals surface area (Å²) >= 11 is 0. The summed E-state index contributed by atoms with van der Waals surface area (Å²) in [5, 5.41) is 0. The monoisotopic (exact) mass is 214 g/mol. The molecular weight excluding hydrogens is 200 g/mol. The van der Waals surface area contributed by atoms with Crippen molar-refractivity contribution in [2.45, 2.75) is 19.8 Å². The van der Waals surface area contributed by atoms with E-state index in [2.05, 4.69) is 6.92 Å². The van der Waals surface area contributed by atoms with Crippen LogP contribution in [0, 0.1) is 0 Å². The molecule has 0 N–H and O–H groups in total. The van der Waals surface area contributed by atoms with Crippen LogP contribution in [0.2, 0.25) is 0 Å². The summed E-state index contributed by atoms with van der Waals surface area (Å²) in [5.74, 6) is -0.228. The molecule has 14 heavy (non-hydrogen) atoms. The molecule has 0 saturated carbocycles. The summed E-state index contributed by atoms with van der Waals surface area (Å²) in [4.78, 5) is 11.3. The number of benzene rings is 1. The SMILES string of the molecule is CCCCOC(=O)c1ccccc1.Cl. The number of esters is 1. The van der Waals surface area contributed by atoms with E-state index in [1.807, 2.05) is 18.2 Å². The minimum absolute atomic E-state index is 0. The van der Waals surface area contributed by atoms with Gasteiger partial charge in [-0.1, -0.05) is 31.5 Å². The van der Waals surface area contributed by atoms with Gasteiger partial charge in [0.1, 0.15) is 0 Å².